The van der Waals surface area contributed by atoms with Crippen LogP contribution >= 0.6 is 0 Å². The van der Waals surface area contributed by atoms with E-state index in [9.17, 15) is 9.59 Å². The Balaban J connectivity index is 1.87. The number of carbonyl (C=O) groups is 2. The molecule has 2 amide bonds. The monoisotopic (exact) mass is 273 g/mol. The molecule has 3 rings (SSSR count). The van der Waals surface area contributed by atoms with Crippen LogP contribution in [0.1, 0.15) is 32.3 Å². The van der Waals surface area contributed by atoms with Gasteiger partial charge in [0.1, 0.15) is 11.6 Å². The minimum Gasteiger partial charge on any atom is -0.342 e. The zero-order valence-corrected chi connectivity index (χ0v) is 11.8. The highest BCUT2D eigenvalue weighted by Gasteiger charge is 2.50. The maximum Gasteiger partial charge on any atom is 0.246 e. The van der Waals surface area contributed by atoms with Gasteiger partial charge in [0.15, 0.2) is 0 Å². The molecule has 1 saturated heterocycles. The van der Waals surface area contributed by atoms with Gasteiger partial charge in [0.05, 0.1) is 0 Å². The fourth-order valence-corrected chi connectivity index (χ4v) is 2.64. The lowest BCUT2D eigenvalue weighted by molar-refractivity contribution is -0.156. The Hall–Kier alpha value is -1.91. The number of carbonyl (C=O) groups excluding carboxylic acids is 2. The Kier molecular flexibility index (Phi) is 3.00. The van der Waals surface area contributed by atoms with Gasteiger partial charge in [0, 0.05) is 18.9 Å². The fraction of sp³-hybridized carbons (Fsp3) is 0.533. The second-order valence-electron chi connectivity index (χ2n) is 6.13. The minimum atomic E-state index is -0.814. The predicted molar refractivity (Wildman–Crippen MR) is 73.5 cm³/mol. The number of hydrogen-bond acceptors (Lipinski definition) is 3. The van der Waals surface area contributed by atoms with Gasteiger partial charge in [-0.3, -0.25) is 14.6 Å². The lowest BCUT2D eigenvalue weighted by atomic mass is 9.93. The van der Waals surface area contributed by atoms with Crippen molar-refractivity contribution in [1.29, 1.82) is 0 Å². The van der Waals surface area contributed by atoms with E-state index in [2.05, 4.69) is 10.3 Å². The van der Waals surface area contributed by atoms with E-state index in [1.165, 1.54) is 0 Å². The fourth-order valence-electron chi connectivity index (χ4n) is 2.64. The van der Waals surface area contributed by atoms with Gasteiger partial charge in [-0.2, -0.15) is 0 Å². The van der Waals surface area contributed by atoms with Crippen molar-refractivity contribution in [2.45, 2.75) is 44.8 Å². The third-order valence-corrected chi connectivity index (χ3v) is 4.23. The summed E-state index contributed by atoms with van der Waals surface area (Å²) in [5, 5.41) is 2.89. The van der Waals surface area contributed by atoms with Crippen LogP contribution < -0.4 is 5.32 Å². The van der Waals surface area contributed by atoms with Gasteiger partial charge in [-0.05, 0) is 50.3 Å². The third kappa shape index (κ3) is 2.17. The lowest BCUT2D eigenvalue weighted by Crippen LogP contribution is -2.68. The zero-order chi connectivity index (χ0) is 14.3. The molecule has 20 heavy (non-hydrogen) atoms. The summed E-state index contributed by atoms with van der Waals surface area (Å²) in [6.07, 6.45) is 5.46. The minimum absolute atomic E-state index is 0.0360. The highest BCUT2D eigenvalue weighted by atomic mass is 16.2. The Morgan fingerprint density at radius 3 is 2.55 bits per heavy atom. The second-order valence-corrected chi connectivity index (χ2v) is 6.13. The Morgan fingerprint density at radius 2 is 1.95 bits per heavy atom. The van der Waals surface area contributed by atoms with E-state index >= 15 is 0 Å². The molecular formula is C15H19N3O2. The summed E-state index contributed by atoms with van der Waals surface area (Å²) in [6.45, 7) is 4.04. The van der Waals surface area contributed by atoms with Gasteiger partial charge in [-0.15, -0.1) is 0 Å². The van der Waals surface area contributed by atoms with Crippen LogP contribution in [0.15, 0.2) is 24.5 Å². The van der Waals surface area contributed by atoms with Crippen LogP contribution in [0.2, 0.25) is 0 Å². The first kappa shape index (κ1) is 13.1. The molecule has 0 bridgehead atoms. The Bertz CT molecular complexity index is 537. The topological polar surface area (TPSA) is 62.3 Å². The molecule has 2 fully saturated rings. The molecule has 2 heterocycles. The van der Waals surface area contributed by atoms with Gasteiger partial charge in [0.25, 0.3) is 0 Å². The predicted octanol–water partition coefficient (Wildman–Crippen LogP) is 1.10. The highest BCUT2D eigenvalue weighted by molar-refractivity contribution is 5.99. The molecule has 1 aliphatic heterocycles. The molecular weight excluding hydrogens is 254 g/mol. The molecule has 1 aromatic rings. The van der Waals surface area contributed by atoms with Crippen LogP contribution in [0.3, 0.4) is 0 Å². The molecule has 5 heteroatoms. The molecule has 5 nitrogen and oxygen atoms in total. The van der Waals surface area contributed by atoms with E-state index in [1.54, 1.807) is 31.1 Å². The van der Waals surface area contributed by atoms with Crippen LogP contribution in [0, 0.1) is 5.92 Å². The lowest BCUT2D eigenvalue weighted by Gasteiger charge is -2.44. The number of piperazine rings is 1. The van der Waals surface area contributed by atoms with Crippen LogP contribution in [0.25, 0.3) is 0 Å². The van der Waals surface area contributed by atoms with Crippen molar-refractivity contribution in [2.75, 3.05) is 0 Å². The van der Waals surface area contributed by atoms with E-state index in [0.717, 1.165) is 18.4 Å². The summed E-state index contributed by atoms with van der Waals surface area (Å²) in [7, 11) is 0. The number of aromatic nitrogens is 1. The van der Waals surface area contributed by atoms with Crippen molar-refractivity contribution >= 4 is 11.8 Å². The van der Waals surface area contributed by atoms with Gasteiger partial charge in [0.2, 0.25) is 11.8 Å². The Labute approximate surface area is 118 Å². The van der Waals surface area contributed by atoms with Crippen LogP contribution in [0.4, 0.5) is 0 Å². The summed E-state index contributed by atoms with van der Waals surface area (Å²) < 4.78 is 0. The van der Waals surface area contributed by atoms with Gasteiger partial charge in [-0.25, -0.2) is 0 Å². The van der Waals surface area contributed by atoms with Gasteiger partial charge >= 0.3 is 0 Å². The quantitative estimate of drug-likeness (QED) is 0.897. The van der Waals surface area contributed by atoms with E-state index < -0.39 is 5.54 Å². The first-order valence-electron chi connectivity index (χ1n) is 7.01. The van der Waals surface area contributed by atoms with Crippen LogP contribution in [0.5, 0.6) is 0 Å². The molecule has 1 aliphatic carbocycles. The number of nitrogens with zero attached hydrogens (tertiary/aromatic N) is 2. The molecule has 1 saturated carbocycles. The number of nitrogens with one attached hydrogen (secondary N) is 1. The molecule has 0 radical (unpaired) electrons. The van der Waals surface area contributed by atoms with Crippen LogP contribution in [-0.4, -0.2) is 33.3 Å². The van der Waals surface area contributed by atoms with E-state index in [1.807, 2.05) is 12.1 Å². The van der Waals surface area contributed by atoms with Crippen molar-refractivity contribution in [3.05, 3.63) is 30.1 Å². The van der Waals surface area contributed by atoms with Gasteiger partial charge < -0.3 is 10.2 Å². The molecule has 1 aromatic heterocycles. The summed E-state index contributed by atoms with van der Waals surface area (Å²) in [4.78, 5) is 30.6. The number of amides is 2. The van der Waals surface area contributed by atoms with Crippen LogP contribution in [-0.2, 0) is 16.1 Å². The average Bonchev–Trinajstić information content (AvgIpc) is 3.25. The highest BCUT2D eigenvalue weighted by Crippen LogP contribution is 2.37. The molecule has 2 aliphatic rings. The van der Waals surface area contributed by atoms with E-state index in [0.29, 0.717) is 12.5 Å². The normalized spacial score (nSPS) is 25.5. The summed E-state index contributed by atoms with van der Waals surface area (Å²) in [5.41, 5.74) is 0.178. The SMILES string of the molecule is CC1(C)C(=O)NC(C2CC2)C(=O)N1Cc1ccncc1. The van der Waals surface area contributed by atoms with Crippen molar-refractivity contribution in [1.82, 2.24) is 15.2 Å². The average molecular weight is 273 g/mol. The first-order valence-corrected chi connectivity index (χ1v) is 7.01. The largest absolute Gasteiger partial charge is 0.342 e. The summed E-state index contributed by atoms with van der Waals surface area (Å²) in [5.74, 6) is 0.291. The molecule has 0 spiro atoms. The van der Waals surface area contributed by atoms with Crippen molar-refractivity contribution in [2.24, 2.45) is 5.92 Å². The van der Waals surface area contributed by atoms with E-state index in [-0.39, 0.29) is 17.9 Å². The van der Waals surface area contributed by atoms with Crippen molar-refractivity contribution < 1.29 is 9.59 Å². The molecule has 0 aromatic carbocycles. The summed E-state index contributed by atoms with van der Waals surface area (Å²) in [6, 6.07) is 3.42. The number of pyridine rings is 1. The third-order valence-electron chi connectivity index (χ3n) is 4.23. The maximum absolute atomic E-state index is 12.7. The van der Waals surface area contributed by atoms with E-state index in [4.69, 9.17) is 0 Å². The first-order chi connectivity index (χ1) is 9.50. The van der Waals surface area contributed by atoms with Crippen molar-refractivity contribution in [3.63, 3.8) is 0 Å². The molecule has 1 N–H and O–H groups in total. The second kappa shape index (κ2) is 4.58. The van der Waals surface area contributed by atoms with Crippen molar-refractivity contribution in [3.8, 4) is 0 Å². The molecule has 1 unspecified atom stereocenters. The maximum atomic E-state index is 12.7. The standard InChI is InChI=1S/C15H19N3O2/c1-15(2)14(20)17-12(11-3-4-11)13(19)18(15)9-10-5-7-16-8-6-10/h5-8,11-12H,3-4,9H2,1-2H3,(H,17,20). The Morgan fingerprint density at radius 1 is 1.30 bits per heavy atom. The smallest absolute Gasteiger partial charge is 0.246 e. The van der Waals surface area contributed by atoms with Gasteiger partial charge in [-0.1, -0.05) is 0 Å². The molecule has 1 atom stereocenters. The zero-order valence-electron chi connectivity index (χ0n) is 11.8. The molecule has 106 valence electrons. The summed E-state index contributed by atoms with van der Waals surface area (Å²) >= 11 is 0. The number of rotatable bonds is 3. The number of hydrogen-bond donors (Lipinski definition) is 1.